The minimum absolute atomic E-state index is 0.0235. The molecule has 6 nitrogen and oxygen atoms in total. The second-order valence-corrected chi connectivity index (χ2v) is 7.76. The standard InChI is InChI=1S/C15H13N3O3S2/c1-9-14(22-10(2)17-9)15(19)18-23(20,21)13-7-3-6-12-11(13)5-4-8-16-12/h3-8H,1-2H3,(H,18,19). The van der Waals surface area contributed by atoms with Crippen molar-refractivity contribution in [3.05, 3.63) is 52.1 Å². The lowest BCUT2D eigenvalue weighted by Gasteiger charge is -2.08. The summed E-state index contributed by atoms with van der Waals surface area (Å²) in [5.41, 5.74) is 1.06. The van der Waals surface area contributed by atoms with Crippen LogP contribution in [0, 0.1) is 13.8 Å². The molecule has 0 spiro atoms. The lowest BCUT2D eigenvalue weighted by Crippen LogP contribution is -2.30. The zero-order valence-electron chi connectivity index (χ0n) is 12.4. The van der Waals surface area contributed by atoms with Gasteiger partial charge in [0.1, 0.15) is 4.88 Å². The van der Waals surface area contributed by atoms with Crippen molar-refractivity contribution in [2.24, 2.45) is 0 Å². The van der Waals surface area contributed by atoms with E-state index in [2.05, 4.69) is 14.7 Å². The summed E-state index contributed by atoms with van der Waals surface area (Å²) in [6.07, 6.45) is 1.58. The van der Waals surface area contributed by atoms with Gasteiger partial charge in [-0.2, -0.15) is 0 Å². The average Bonchev–Trinajstić information content (AvgIpc) is 2.85. The smallest absolute Gasteiger partial charge is 0.267 e. The Morgan fingerprint density at radius 3 is 2.65 bits per heavy atom. The molecule has 0 unspecified atom stereocenters. The maximum Gasteiger partial charge on any atom is 0.276 e. The highest BCUT2D eigenvalue weighted by Crippen LogP contribution is 2.22. The molecule has 1 amide bonds. The molecule has 8 heteroatoms. The Labute approximate surface area is 137 Å². The highest BCUT2D eigenvalue weighted by molar-refractivity contribution is 7.90. The molecular weight excluding hydrogens is 334 g/mol. The monoisotopic (exact) mass is 347 g/mol. The summed E-state index contributed by atoms with van der Waals surface area (Å²) >= 11 is 1.16. The van der Waals surface area contributed by atoms with Crippen molar-refractivity contribution in [3.63, 3.8) is 0 Å². The molecular formula is C15H13N3O3S2. The van der Waals surface area contributed by atoms with E-state index in [4.69, 9.17) is 0 Å². The predicted molar refractivity (Wildman–Crippen MR) is 88.0 cm³/mol. The minimum Gasteiger partial charge on any atom is -0.267 e. The van der Waals surface area contributed by atoms with Crippen molar-refractivity contribution in [2.75, 3.05) is 0 Å². The predicted octanol–water partition coefficient (Wildman–Crippen LogP) is 2.43. The molecule has 0 bridgehead atoms. The number of carbonyl (C=O) groups is 1. The highest BCUT2D eigenvalue weighted by Gasteiger charge is 2.23. The van der Waals surface area contributed by atoms with Crippen LogP contribution in [0.5, 0.6) is 0 Å². The number of rotatable bonds is 3. The number of hydrogen-bond donors (Lipinski definition) is 1. The van der Waals surface area contributed by atoms with E-state index in [9.17, 15) is 13.2 Å². The highest BCUT2D eigenvalue weighted by atomic mass is 32.2. The van der Waals surface area contributed by atoms with E-state index in [1.807, 2.05) is 0 Å². The summed E-state index contributed by atoms with van der Waals surface area (Å²) in [5.74, 6) is -0.672. The minimum atomic E-state index is -4.00. The number of hydrogen-bond acceptors (Lipinski definition) is 6. The number of nitrogens with zero attached hydrogens (tertiary/aromatic N) is 2. The van der Waals surface area contributed by atoms with Gasteiger partial charge < -0.3 is 0 Å². The average molecular weight is 347 g/mol. The quantitative estimate of drug-likeness (QED) is 0.786. The Kier molecular flexibility index (Phi) is 3.87. The van der Waals surface area contributed by atoms with Crippen LogP contribution < -0.4 is 4.72 Å². The Bertz CT molecular complexity index is 1000. The van der Waals surface area contributed by atoms with E-state index < -0.39 is 15.9 Å². The number of nitrogens with one attached hydrogen (secondary N) is 1. The number of benzene rings is 1. The topological polar surface area (TPSA) is 89.0 Å². The first kappa shape index (κ1) is 15.6. The molecule has 0 atom stereocenters. The third-order valence-electron chi connectivity index (χ3n) is 3.23. The Balaban J connectivity index is 2.01. The van der Waals surface area contributed by atoms with Crippen molar-refractivity contribution in [2.45, 2.75) is 18.7 Å². The zero-order chi connectivity index (χ0) is 16.6. The fraction of sp³-hybridized carbons (Fsp3) is 0.133. The van der Waals surface area contributed by atoms with Gasteiger partial charge in [-0.3, -0.25) is 9.78 Å². The van der Waals surface area contributed by atoms with Gasteiger partial charge in [0.05, 0.1) is 21.1 Å². The van der Waals surface area contributed by atoms with Crippen LogP contribution in [0.4, 0.5) is 0 Å². The van der Waals surface area contributed by atoms with Gasteiger partial charge in [0.2, 0.25) is 0 Å². The van der Waals surface area contributed by atoms with E-state index >= 15 is 0 Å². The van der Waals surface area contributed by atoms with E-state index in [0.29, 0.717) is 26.5 Å². The van der Waals surface area contributed by atoms with Gasteiger partial charge in [0.25, 0.3) is 15.9 Å². The second kappa shape index (κ2) is 5.71. The zero-order valence-corrected chi connectivity index (χ0v) is 14.0. The molecule has 0 aliphatic carbocycles. The van der Waals surface area contributed by atoms with Crippen LogP contribution in [0.1, 0.15) is 20.4 Å². The number of sulfonamides is 1. The normalized spacial score (nSPS) is 11.6. The van der Waals surface area contributed by atoms with Crippen molar-refractivity contribution < 1.29 is 13.2 Å². The largest absolute Gasteiger partial charge is 0.276 e. The lowest BCUT2D eigenvalue weighted by molar-refractivity contribution is 0.0984. The molecule has 23 heavy (non-hydrogen) atoms. The van der Waals surface area contributed by atoms with E-state index in [0.717, 1.165) is 11.3 Å². The van der Waals surface area contributed by atoms with Crippen molar-refractivity contribution in [3.8, 4) is 0 Å². The van der Waals surface area contributed by atoms with E-state index in [1.165, 1.54) is 6.07 Å². The van der Waals surface area contributed by atoms with Crippen molar-refractivity contribution in [1.29, 1.82) is 0 Å². The Morgan fingerprint density at radius 2 is 1.96 bits per heavy atom. The number of aromatic nitrogens is 2. The summed E-state index contributed by atoms with van der Waals surface area (Å²) in [7, 11) is -4.00. The number of thiazole rings is 1. The first-order valence-corrected chi connectivity index (χ1v) is 9.03. The molecule has 0 saturated carbocycles. The van der Waals surface area contributed by atoms with Crippen LogP contribution in [0.25, 0.3) is 10.9 Å². The van der Waals surface area contributed by atoms with E-state index in [-0.39, 0.29) is 4.90 Å². The van der Waals surface area contributed by atoms with Gasteiger partial charge in [-0.1, -0.05) is 6.07 Å². The Morgan fingerprint density at radius 1 is 1.17 bits per heavy atom. The molecule has 1 N–H and O–H groups in total. The van der Waals surface area contributed by atoms with Gasteiger partial charge in [-0.05, 0) is 38.1 Å². The summed E-state index contributed by atoms with van der Waals surface area (Å²) in [6.45, 7) is 3.44. The maximum atomic E-state index is 12.6. The van der Waals surface area contributed by atoms with Crippen LogP contribution in [-0.4, -0.2) is 24.3 Å². The first-order valence-electron chi connectivity index (χ1n) is 6.73. The van der Waals surface area contributed by atoms with Crippen LogP contribution in [0.3, 0.4) is 0 Å². The molecule has 2 aromatic heterocycles. The van der Waals surface area contributed by atoms with Crippen LogP contribution in [0.15, 0.2) is 41.4 Å². The van der Waals surface area contributed by atoms with Crippen LogP contribution >= 0.6 is 11.3 Å². The number of pyridine rings is 1. The lowest BCUT2D eigenvalue weighted by atomic mass is 10.2. The molecule has 118 valence electrons. The van der Waals surface area contributed by atoms with Gasteiger partial charge in [-0.15, -0.1) is 11.3 Å². The third kappa shape index (κ3) is 2.95. The van der Waals surface area contributed by atoms with Crippen molar-refractivity contribution in [1.82, 2.24) is 14.7 Å². The fourth-order valence-corrected chi connectivity index (χ4v) is 4.33. The molecule has 0 radical (unpaired) electrons. The SMILES string of the molecule is Cc1nc(C)c(C(=O)NS(=O)(=O)c2cccc3ncccc23)s1. The molecule has 3 aromatic rings. The molecule has 0 saturated heterocycles. The summed E-state index contributed by atoms with van der Waals surface area (Å²) in [5, 5.41) is 1.17. The van der Waals surface area contributed by atoms with Gasteiger partial charge in [0, 0.05) is 11.6 Å². The molecule has 0 aliphatic rings. The van der Waals surface area contributed by atoms with Crippen LogP contribution in [-0.2, 0) is 10.0 Å². The van der Waals surface area contributed by atoms with Gasteiger partial charge in [0.15, 0.2) is 0 Å². The fourth-order valence-electron chi connectivity index (χ4n) is 2.27. The summed E-state index contributed by atoms with van der Waals surface area (Å²) < 4.78 is 27.3. The maximum absolute atomic E-state index is 12.6. The molecule has 2 heterocycles. The number of amides is 1. The second-order valence-electron chi connectivity index (χ2n) is 4.91. The van der Waals surface area contributed by atoms with Crippen LogP contribution in [0.2, 0.25) is 0 Å². The third-order valence-corrected chi connectivity index (χ3v) is 5.69. The summed E-state index contributed by atoms with van der Waals surface area (Å²) in [4.78, 5) is 20.9. The molecule has 3 rings (SSSR count). The number of carbonyl (C=O) groups excluding carboxylic acids is 1. The van der Waals surface area contributed by atoms with Gasteiger partial charge in [-0.25, -0.2) is 18.1 Å². The molecule has 0 fully saturated rings. The number of aryl methyl sites for hydroxylation is 2. The Hall–Kier alpha value is -2.32. The molecule has 1 aromatic carbocycles. The van der Waals surface area contributed by atoms with Crippen molar-refractivity contribution >= 4 is 38.2 Å². The summed E-state index contributed by atoms with van der Waals surface area (Å²) in [6, 6.07) is 8.07. The molecule has 0 aliphatic heterocycles. The van der Waals surface area contributed by atoms with Gasteiger partial charge >= 0.3 is 0 Å². The first-order chi connectivity index (χ1) is 10.9. The van der Waals surface area contributed by atoms with E-state index in [1.54, 1.807) is 44.3 Å². The number of fused-ring (bicyclic) bond motifs is 1.